The first-order valence-electron chi connectivity index (χ1n) is 8.88. The van der Waals surface area contributed by atoms with E-state index < -0.39 is 0 Å². The van der Waals surface area contributed by atoms with Gasteiger partial charge in [-0.1, -0.05) is 41.2 Å². The topological polar surface area (TPSA) is 77.0 Å². The molecular weight excluding hydrogens is 372 g/mol. The second-order valence-corrected chi connectivity index (χ2v) is 7.25. The Labute approximate surface area is 166 Å². The lowest BCUT2D eigenvalue weighted by molar-refractivity contribution is 0.0526. The lowest BCUT2D eigenvalue weighted by Crippen LogP contribution is -2.03. The Kier molecular flexibility index (Phi) is 4.99. The normalized spacial score (nSPS) is 10.8. The van der Waals surface area contributed by atoms with Crippen molar-refractivity contribution >= 4 is 38.5 Å². The van der Waals surface area contributed by atoms with Crippen molar-refractivity contribution in [3.05, 3.63) is 65.7 Å². The summed E-state index contributed by atoms with van der Waals surface area (Å²) in [5.74, 6) is 0.283. The summed E-state index contributed by atoms with van der Waals surface area (Å²) in [4.78, 5) is 16.4. The largest absolute Gasteiger partial charge is 0.462 e. The summed E-state index contributed by atoms with van der Waals surface area (Å²) >= 11 is 1.45. The molecule has 2 aromatic heterocycles. The van der Waals surface area contributed by atoms with Crippen LogP contribution in [0.4, 0.5) is 10.9 Å². The van der Waals surface area contributed by atoms with Crippen molar-refractivity contribution in [2.75, 3.05) is 11.9 Å². The van der Waals surface area contributed by atoms with Crippen LogP contribution in [0.2, 0.25) is 0 Å². The van der Waals surface area contributed by atoms with E-state index in [4.69, 9.17) is 4.74 Å². The van der Waals surface area contributed by atoms with E-state index in [2.05, 4.69) is 39.6 Å². The number of rotatable bonds is 5. The highest BCUT2D eigenvalue weighted by molar-refractivity contribution is 7.22. The molecule has 4 aromatic rings. The summed E-state index contributed by atoms with van der Waals surface area (Å²) in [6.07, 6.45) is 0. The maximum atomic E-state index is 11.9. The van der Waals surface area contributed by atoms with Crippen LogP contribution in [0.3, 0.4) is 0 Å². The van der Waals surface area contributed by atoms with Crippen LogP contribution in [0.5, 0.6) is 0 Å². The summed E-state index contributed by atoms with van der Waals surface area (Å²) in [7, 11) is 0. The number of thiazole rings is 1. The molecule has 1 N–H and O–H groups in total. The molecule has 0 atom stereocenters. The fourth-order valence-corrected chi connectivity index (χ4v) is 3.62. The van der Waals surface area contributed by atoms with E-state index in [1.807, 2.05) is 30.3 Å². The number of benzene rings is 2. The van der Waals surface area contributed by atoms with E-state index in [1.54, 1.807) is 19.1 Å². The van der Waals surface area contributed by atoms with Gasteiger partial charge in [-0.3, -0.25) is 0 Å². The third-order valence-corrected chi connectivity index (χ3v) is 5.08. The molecule has 2 aromatic carbocycles. The average molecular weight is 390 g/mol. The molecular formula is C21H18N4O2S. The summed E-state index contributed by atoms with van der Waals surface area (Å²) in [6, 6.07) is 17.3. The van der Waals surface area contributed by atoms with Crippen molar-refractivity contribution in [2.24, 2.45) is 0 Å². The van der Waals surface area contributed by atoms with Crippen molar-refractivity contribution in [3.63, 3.8) is 0 Å². The van der Waals surface area contributed by atoms with Gasteiger partial charge in [0.15, 0.2) is 10.9 Å². The Morgan fingerprint density at radius 3 is 2.61 bits per heavy atom. The van der Waals surface area contributed by atoms with Gasteiger partial charge in [0.2, 0.25) is 0 Å². The van der Waals surface area contributed by atoms with Crippen LogP contribution < -0.4 is 5.32 Å². The molecule has 0 fully saturated rings. The van der Waals surface area contributed by atoms with Gasteiger partial charge in [-0.2, -0.15) is 0 Å². The number of nitrogens with one attached hydrogen (secondary N) is 1. The number of nitrogens with zero attached hydrogens (tertiary/aromatic N) is 3. The number of hydrogen-bond acceptors (Lipinski definition) is 7. The maximum Gasteiger partial charge on any atom is 0.338 e. The Bertz CT molecular complexity index is 1120. The number of esters is 1. The lowest BCUT2D eigenvalue weighted by Gasteiger charge is -2.03. The summed E-state index contributed by atoms with van der Waals surface area (Å²) < 4.78 is 5.95. The molecule has 0 unspecified atom stereocenters. The van der Waals surface area contributed by atoms with Crippen molar-refractivity contribution in [2.45, 2.75) is 13.8 Å². The van der Waals surface area contributed by atoms with Gasteiger partial charge in [0.25, 0.3) is 0 Å². The highest BCUT2D eigenvalue weighted by Crippen LogP contribution is 2.29. The number of hydrogen-bond donors (Lipinski definition) is 1. The highest BCUT2D eigenvalue weighted by Gasteiger charge is 2.11. The van der Waals surface area contributed by atoms with Crippen LogP contribution in [-0.2, 0) is 4.74 Å². The first-order valence-corrected chi connectivity index (χ1v) is 9.69. The van der Waals surface area contributed by atoms with Crippen LogP contribution in [-0.4, -0.2) is 27.8 Å². The number of anilines is 2. The summed E-state index contributed by atoms with van der Waals surface area (Å²) in [6.45, 7) is 4.19. The van der Waals surface area contributed by atoms with E-state index >= 15 is 0 Å². The number of aromatic nitrogens is 3. The third-order valence-electron chi connectivity index (χ3n) is 4.15. The van der Waals surface area contributed by atoms with Crippen molar-refractivity contribution in [3.8, 4) is 11.3 Å². The van der Waals surface area contributed by atoms with Gasteiger partial charge < -0.3 is 10.1 Å². The van der Waals surface area contributed by atoms with E-state index in [0.717, 1.165) is 21.5 Å². The minimum Gasteiger partial charge on any atom is -0.462 e. The van der Waals surface area contributed by atoms with E-state index in [-0.39, 0.29) is 5.97 Å². The van der Waals surface area contributed by atoms with E-state index in [1.165, 1.54) is 16.9 Å². The van der Waals surface area contributed by atoms with Gasteiger partial charge in [0.05, 0.1) is 28.1 Å². The van der Waals surface area contributed by atoms with Gasteiger partial charge in [-0.25, -0.2) is 9.78 Å². The Morgan fingerprint density at radius 1 is 1.07 bits per heavy atom. The molecule has 140 valence electrons. The van der Waals surface area contributed by atoms with Crippen molar-refractivity contribution in [1.82, 2.24) is 15.2 Å². The Hall–Kier alpha value is -3.32. The molecule has 2 heterocycles. The van der Waals surface area contributed by atoms with E-state index in [9.17, 15) is 4.79 Å². The van der Waals surface area contributed by atoms with Crippen molar-refractivity contribution in [1.29, 1.82) is 0 Å². The number of aryl methyl sites for hydroxylation is 1. The van der Waals surface area contributed by atoms with E-state index in [0.29, 0.717) is 23.1 Å². The number of carbonyl (C=O) groups is 1. The Morgan fingerprint density at radius 2 is 1.89 bits per heavy atom. The molecule has 0 spiro atoms. The standard InChI is InChI=1S/C21H18N4O2S/c1-3-27-20(26)15-8-9-17-18(12-15)28-21(22-17)23-19-11-10-16(24-25-19)14-6-4-13(2)5-7-14/h4-12H,3H2,1-2H3,(H,22,23,25). The fourth-order valence-electron chi connectivity index (χ4n) is 2.71. The molecule has 0 aliphatic carbocycles. The number of fused-ring (bicyclic) bond motifs is 1. The van der Waals surface area contributed by atoms with Gasteiger partial charge in [-0.15, -0.1) is 10.2 Å². The predicted molar refractivity (Wildman–Crippen MR) is 111 cm³/mol. The first-order chi connectivity index (χ1) is 13.6. The predicted octanol–water partition coefficient (Wildman–Crippen LogP) is 4.98. The van der Waals surface area contributed by atoms with Gasteiger partial charge in [-0.05, 0) is 44.2 Å². The van der Waals surface area contributed by atoms with Crippen LogP contribution >= 0.6 is 11.3 Å². The first kappa shape index (κ1) is 18.1. The minimum absolute atomic E-state index is 0.329. The second-order valence-electron chi connectivity index (χ2n) is 6.22. The zero-order valence-electron chi connectivity index (χ0n) is 15.5. The molecule has 4 rings (SSSR count). The third kappa shape index (κ3) is 3.84. The summed E-state index contributed by atoms with van der Waals surface area (Å²) in [5, 5.41) is 12.4. The molecule has 28 heavy (non-hydrogen) atoms. The fraction of sp³-hybridized carbons (Fsp3) is 0.143. The molecule has 0 aliphatic heterocycles. The minimum atomic E-state index is -0.329. The number of carbonyl (C=O) groups excluding carboxylic acids is 1. The quantitative estimate of drug-likeness (QED) is 0.484. The molecule has 0 amide bonds. The average Bonchev–Trinajstić information content (AvgIpc) is 3.11. The molecule has 0 radical (unpaired) electrons. The van der Waals surface area contributed by atoms with Gasteiger partial charge >= 0.3 is 5.97 Å². The smallest absolute Gasteiger partial charge is 0.338 e. The zero-order chi connectivity index (χ0) is 19.5. The monoisotopic (exact) mass is 390 g/mol. The number of ether oxygens (including phenoxy) is 1. The van der Waals surface area contributed by atoms with Crippen molar-refractivity contribution < 1.29 is 9.53 Å². The van der Waals surface area contributed by atoms with Crippen LogP contribution in [0, 0.1) is 6.92 Å². The highest BCUT2D eigenvalue weighted by atomic mass is 32.1. The Balaban J connectivity index is 1.52. The van der Waals surface area contributed by atoms with Crippen LogP contribution in [0.15, 0.2) is 54.6 Å². The second kappa shape index (κ2) is 7.74. The molecule has 6 nitrogen and oxygen atoms in total. The molecule has 0 bridgehead atoms. The van der Waals surface area contributed by atoms with Crippen LogP contribution in [0.1, 0.15) is 22.8 Å². The molecule has 0 saturated heterocycles. The lowest BCUT2D eigenvalue weighted by atomic mass is 10.1. The van der Waals surface area contributed by atoms with Gasteiger partial charge in [0.1, 0.15) is 0 Å². The van der Waals surface area contributed by atoms with Gasteiger partial charge in [0, 0.05) is 5.56 Å². The maximum absolute atomic E-state index is 11.9. The molecule has 0 aliphatic rings. The summed E-state index contributed by atoms with van der Waals surface area (Å²) in [5.41, 5.74) is 4.37. The van der Waals surface area contributed by atoms with Crippen LogP contribution in [0.25, 0.3) is 21.5 Å². The zero-order valence-corrected chi connectivity index (χ0v) is 16.3. The molecule has 7 heteroatoms. The molecule has 0 saturated carbocycles. The SMILES string of the molecule is CCOC(=O)c1ccc2nc(Nc3ccc(-c4ccc(C)cc4)nn3)sc2c1.